The van der Waals surface area contributed by atoms with Crippen LogP contribution in [0.2, 0.25) is 14.4 Å². The third-order valence-electron chi connectivity index (χ3n) is 1.77. The van der Waals surface area contributed by atoms with Crippen molar-refractivity contribution in [2.45, 2.75) is 6.61 Å². The molecule has 0 spiro atoms. The number of aromatic nitrogens is 2. The number of benzene rings is 1. The Labute approximate surface area is 111 Å². The van der Waals surface area contributed by atoms with Gasteiger partial charge in [0.2, 0.25) is 0 Å². The smallest absolute Gasteiger partial charge is 0.141 e. The summed E-state index contributed by atoms with van der Waals surface area (Å²) in [6, 6.07) is 4.99. The lowest BCUT2D eigenvalue weighted by Crippen LogP contribution is -1.97. The molecule has 3 nitrogen and oxygen atoms in total. The normalized spacial score (nSPS) is 10.4. The first kappa shape index (κ1) is 11.9. The summed E-state index contributed by atoms with van der Waals surface area (Å²) in [6.07, 6.45) is 0. The van der Waals surface area contributed by atoms with Gasteiger partial charge in [-0.1, -0.05) is 39.3 Å². The molecular formula is C9H5Cl3N2OS. The van der Waals surface area contributed by atoms with Crippen LogP contribution in [0.15, 0.2) is 18.2 Å². The molecular weight excluding hydrogens is 291 g/mol. The monoisotopic (exact) mass is 294 g/mol. The maximum Gasteiger partial charge on any atom is 0.141 e. The molecule has 2 rings (SSSR count). The molecule has 2 aromatic rings. The molecule has 7 heteroatoms. The molecule has 1 heterocycles. The van der Waals surface area contributed by atoms with Gasteiger partial charge in [0.05, 0.1) is 5.02 Å². The van der Waals surface area contributed by atoms with Crippen molar-refractivity contribution in [1.29, 1.82) is 0 Å². The van der Waals surface area contributed by atoms with Gasteiger partial charge in [0, 0.05) is 22.6 Å². The predicted molar refractivity (Wildman–Crippen MR) is 65.7 cm³/mol. The van der Waals surface area contributed by atoms with Gasteiger partial charge < -0.3 is 4.74 Å². The van der Waals surface area contributed by atoms with Crippen molar-refractivity contribution in [2.75, 3.05) is 0 Å². The third kappa shape index (κ3) is 2.77. The van der Waals surface area contributed by atoms with Crippen molar-refractivity contribution >= 4 is 46.3 Å². The summed E-state index contributed by atoms with van der Waals surface area (Å²) in [5, 5.41) is 4.87. The summed E-state index contributed by atoms with van der Waals surface area (Å²) in [5.74, 6) is 0.498. The average molecular weight is 296 g/mol. The lowest BCUT2D eigenvalue weighted by molar-refractivity contribution is 0.301. The minimum atomic E-state index is 0.218. The van der Waals surface area contributed by atoms with Crippen LogP contribution in [0, 0.1) is 0 Å². The van der Waals surface area contributed by atoms with E-state index in [1.807, 2.05) is 0 Å². The van der Waals surface area contributed by atoms with E-state index in [2.05, 4.69) is 9.59 Å². The Kier molecular flexibility index (Phi) is 3.86. The third-order valence-corrected chi connectivity index (χ3v) is 3.30. The first-order chi connectivity index (χ1) is 7.66. The van der Waals surface area contributed by atoms with Crippen LogP contribution in [-0.4, -0.2) is 9.59 Å². The highest BCUT2D eigenvalue weighted by Crippen LogP contribution is 2.29. The molecule has 0 fully saturated rings. The largest absolute Gasteiger partial charge is 0.486 e. The SMILES string of the molecule is Clc1ccc(Cl)c(OCc2nnsc2Cl)c1. The van der Waals surface area contributed by atoms with E-state index in [0.29, 0.717) is 25.8 Å². The Morgan fingerprint density at radius 3 is 2.75 bits per heavy atom. The van der Waals surface area contributed by atoms with Crippen LogP contribution in [0.1, 0.15) is 5.69 Å². The van der Waals surface area contributed by atoms with Gasteiger partial charge in [-0.25, -0.2) is 0 Å². The highest BCUT2D eigenvalue weighted by Gasteiger charge is 2.08. The van der Waals surface area contributed by atoms with E-state index in [-0.39, 0.29) is 6.61 Å². The fourth-order valence-corrected chi connectivity index (χ4v) is 1.95. The van der Waals surface area contributed by atoms with E-state index in [9.17, 15) is 0 Å². The molecule has 0 unspecified atom stereocenters. The number of halogens is 3. The summed E-state index contributed by atoms with van der Waals surface area (Å²) in [4.78, 5) is 0. The quantitative estimate of drug-likeness (QED) is 0.856. The molecule has 84 valence electrons. The van der Waals surface area contributed by atoms with E-state index in [1.54, 1.807) is 18.2 Å². The van der Waals surface area contributed by atoms with Crippen LogP contribution in [-0.2, 0) is 6.61 Å². The lowest BCUT2D eigenvalue weighted by Gasteiger charge is -2.06. The molecule has 0 saturated heterocycles. The molecule has 0 radical (unpaired) electrons. The second-order valence-electron chi connectivity index (χ2n) is 2.86. The zero-order chi connectivity index (χ0) is 11.5. The first-order valence-electron chi connectivity index (χ1n) is 4.21. The molecule has 1 aromatic carbocycles. The van der Waals surface area contributed by atoms with Crippen molar-refractivity contribution < 1.29 is 4.74 Å². The molecule has 0 saturated carbocycles. The highest BCUT2D eigenvalue weighted by molar-refractivity contribution is 7.10. The fraction of sp³-hybridized carbons (Fsp3) is 0.111. The van der Waals surface area contributed by atoms with E-state index < -0.39 is 0 Å². The second-order valence-corrected chi connectivity index (χ2v) is 5.06. The minimum absolute atomic E-state index is 0.218. The van der Waals surface area contributed by atoms with Gasteiger partial charge in [-0.05, 0) is 12.1 Å². The molecule has 0 bridgehead atoms. The van der Waals surface area contributed by atoms with E-state index in [0.717, 1.165) is 11.5 Å². The van der Waals surface area contributed by atoms with Gasteiger partial charge in [-0.15, -0.1) is 5.10 Å². The molecule has 0 aliphatic rings. The Bertz CT molecular complexity index is 503. The molecule has 0 amide bonds. The Hall–Kier alpha value is -0.550. The maximum atomic E-state index is 5.93. The van der Waals surface area contributed by atoms with E-state index in [1.165, 1.54) is 0 Å². The molecule has 0 atom stereocenters. The lowest BCUT2D eigenvalue weighted by atomic mass is 10.3. The van der Waals surface area contributed by atoms with Crippen molar-refractivity contribution in [3.8, 4) is 5.75 Å². The highest BCUT2D eigenvalue weighted by atomic mass is 35.5. The Balaban J connectivity index is 2.10. The number of ether oxygens (including phenoxy) is 1. The summed E-state index contributed by atoms with van der Waals surface area (Å²) in [7, 11) is 0. The first-order valence-corrected chi connectivity index (χ1v) is 6.12. The minimum Gasteiger partial charge on any atom is -0.486 e. The molecule has 1 aromatic heterocycles. The number of rotatable bonds is 3. The average Bonchev–Trinajstić information content (AvgIpc) is 2.66. The van der Waals surface area contributed by atoms with Gasteiger partial charge in [-0.2, -0.15) is 0 Å². The molecule has 16 heavy (non-hydrogen) atoms. The van der Waals surface area contributed by atoms with Crippen LogP contribution in [0.3, 0.4) is 0 Å². The number of nitrogens with zero attached hydrogens (tertiary/aromatic N) is 2. The molecule has 0 aliphatic heterocycles. The van der Waals surface area contributed by atoms with Crippen molar-refractivity contribution in [2.24, 2.45) is 0 Å². The Morgan fingerprint density at radius 2 is 2.06 bits per heavy atom. The number of hydrogen-bond donors (Lipinski definition) is 0. The summed E-state index contributed by atoms with van der Waals surface area (Å²) in [5.41, 5.74) is 0.586. The van der Waals surface area contributed by atoms with Gasteiger partial charge in [-0.3, -0.25) is 0 Å². The summed E-state index contributed by atoms with van der Waals surface area (Å²) in [6.45, 7) is 0.218. The molecule has 0 aliphatic carbocycles. The summed E-state index contributed by atoms with van der Waals surface area (Å²) < 4.78 is 9.65. The fourth-order valence-electron chi connectivity index (χ4n) is 1.02. The Morgan fingerprint density at radius 1 is 1.25 bits per heavy atom. The van der Waals surface area contributed by atoms with Crippen LogP contribution < -0.4 is 4.74 Å². The number of hydrogen-bond acceptors (Lipinski definition) is 4. The van der Waals surface area contributed by atoms with Crippen LogP contribution in [0.4, 0.5) is 0 Å². The zero-order valence-electron chi connectivity index (χ0n) is 7.78. The van der Waals surface area contributed by atoms with Crippen LogP contribution in [0.25, 0.3) is 0 Å². The second kappa shape index (κ2) is 5.19. The van der Waals surface area contributed by atoms with E-state index in [4.69, 9.17) is 39.5 Å². The maximum absolute atomic E-state index is 5.93. The molecule has 0 N–H and O–H groups in total. The predicted octanol–water partition coefficient (Wildman–Crippen LogP) is 4.08. The van der Waals surface area contributed by atoms with E-state index >= 15 is 0 Å². The van der Waals surface area contributed by atoms with Crippen molar-refractivity contribution in [3.63, 3.8) is 0 Å². The zero-order valence-corrected chi connectivity index (χ0v) is 10.9. The van der Waals surface area contributed by atoms with Crippen molar-refractivity contribution in [3.05, 3.63) is 38.3 Å². The van der Waals surface area contributed by atoms with Gasteiger partial charge >= 0.3 is 0 Å². The summed E-state index contributed by atoms with van der Waals surface area (Å²) >= 11 is 18.7. The van der Waals surface area contributed by atoms with Gasteiger partial charge in [0.1, 0.15) is 22.4 Å². The van der Waals surface area contributed by atoms with Crippen LogP contribution >= 0.6 is 46.3 Å². The van der Waals surface area contributed by atoms with Gasteiger partial charge in [0.15, 0.2) is 0 Å². The standard InChI is InChI=1S/C9H5Cl3N2OS/c10-5-1-2-6(11)8(3-5)15-4-7-9(12)16-14-13-7/h1-3H,4H2. The van der Waals surface area contributed by atoms with Gasteiger partial charge in [0.25, 0.3) is 0 Å². The van der Waals surface area contributed by atoms with Crippen molar-refractivity contribution in [1.82, 2.24) is 9.59 Å². The topological polar surface area (TPSA) is 35.0 Å². The van der Waals surface area contributed by atoms with Crippen LogP contribution in [0.5, 0.6) is 5.75 Å².